The van der Waals surface area contributed by atoms with Crippen LogP contribution in [0.3, 0.4) is 0 Å². The van der Waals surface area contributed by atoms with Crippen molar-refractivity contribution in [3.05, 3.63) is 67.0 Å². The van der Waals surface area contributed by atoms with Gasteiger partial charge < -0.3 is 5.73 Å². The number of nitrogens with zero attached hydrogens (tertiary/aromatic N) is 3. The molecule has 0 radical (unpaired) electrons. The maximum absolute atomic E-state index is 5.70. The molecule has 2 N–H and O–H groups in total. The van der Waals surface area contributed by atoms with Crippen LogP contribution in [-0.4, -0.2) is 15.0 Å². The SMILES string of the molecule is Nc1ncnc(P(c2ccccc2)c2ccccc2)n1. The van der Waals surface area contributed by atoms with Gasteiger partial charge in [-0.25, -0.2) is 9.97 Å². The van der Waals surface area contributed by atoms with Crippen LogP contribution in [0.1, 0.15) is 0 Å². The van der Waals surface area contributed by atoms with E-state index >= 15 is 0 Å². The van der Waals surface area contributed by atoms with Gasteiger partial charge in [0, 0.05) is 7.92 Å². The third-order valence-electron chi connectivity index (χ3n) is 2.81. The second-order valence-electron chi connectivity index (χ2n) is 4.15. The van der Waals surface area contributed by atoms with Gasteiger partial charge in [0.25, 0.3) is 0 Å². The highest BCUT2D eigenvalue weighted by atomic mass is 31.1. The van der Waals surface area contributed by atoms with Gasteiger partial charge in [-0.15, -0.1) is 0 Å². The molecule has 4 nitrogen and oxygen atoms in total. The van der Waals surface area contributed by atoms with Gasteiger partial charge in [0.05, 0.1) is 0 Å². The molecule has 0 fully saturated rings. The topological polar surface area (TPSA) is 64.7 Å². The Morgan fingerprint density at radius 2 is 1.30 bits per heavy atom. The quantitative estimate of drug-likeness (QED) is 0.732. The third-order valence-corrected chi connectivity index (χ3v) is 5.05. The van der Waals surface area contributed by atoms with E-state index in [1.807, 2.05) is 36.4 Å². The van der Waals surface area contributed by atoms with Crippen LogP contribution < -0.4 is 21.9 Å². The van der Waals surface area contributed by atoms with Gasteiger partial charge >= 0.3 is 0 Å². The highest BCUT2D eigenvalue weighted by Gasteiger charge is 2.19. The zero-order valence-corrected chi connectivity index (χ0v) is 11.6. The fourth-order valence-electron chi connectivity index (χ4n) is 1.94. The fraction of sp³-hybridized carbons (Fsp3) is 0. The van der Waals surface area contributed by atoms with E-state index in [4.69, 9.17) is 5.73 Å². The predicted octanol–water partition coefficient (Wildman–Crippen LogP) is 1.21. The Labute approximate surface area is 118 Å². The molecule has 0 atom stereocenters. The van der Waals surface area contributed by atoms with Crippen LogP contribution in [0.2, 0.25) is 0 Å². The lowest BCUT2D eigenvalue weighted by molar-refractivity contribution is 1.11. The number of nitrogen functional groups attached to an aromatic ring is 1. The third kappa shape index (κ3) is 2.65. The average Bonchev–Trinajstić information content (AvgIpc) is 2.50. The van der Waals surface area contributed by atoms with Crippen molar-refractivity contribution in [3.63, 3.8) is 0 Å². The summed E-state index contributed by atoms with van der Waals surface area (Å²) in [5.74, 6) is 0.259. The minimum atomic E-state index is -0.804. The van der Waals surface area contributed by atoms with Crippen LogP contribution in [0.4, 0.5) is 5.95 Å². The molecule has 3 rings (SSSR count). The van der Waals surface area contributed by atoms with Crippen molar-refractivity contribution in [1.82, 2.24) is 15.0 Å². The molecule has 3 aromatic rings. The Morgan fingerprint density at radius 1 is 0.750 bits per heavy atom. The highest BCUT2D eigenvalue weighted by molar-refractivity contribution is 7.79. The van der Waals surface area contributed by atoms with Crippen molar-refractivity contribution in [2.45, 2.75) is 0 Å². The van der Waals surface area contributed by atoms with E-state index < -0.39 is 7.92 Å². The molecule has 0 amide bonds. The molecule has 0 spiro atoms. The second-order valence-corrected chi connectivity index (χ2v) is 6.25. The van der Waals surface area contributed by atoms with Crippen LogP contribution >= 0.6 is 7.92 Å². The van der Waals surface area contributed by atoms with Crippen molar-refractivity contribution in [2.75, 3.05) is 5.73 Å². The first-order chi connectivity index (χ1) is 9.84. The zero-order chi connectivity index (χ0) is 13.8. The molecule has 0 saturated heterocycles. The van der Waals surface area contributed by atoms with Crippen LogP contribution in [-0.2, 0) is 0 Å². The van der Waals surface area contributed by atoms with E-state index in [1.54, 1.807) is 0 Å². The van der Waals surface area contributed by atoms with E-state index in [0.29, 0.717) is 0 Å². The summed E-state index contributed by atoms with van der Waals surface area (Å²) in [5, 5.41) is 2.39. The number of anilines is 1. The average molecular weight is 280 g/mol. The van der Waals surface area contributed by atoms with Crippen molar-refractivity contribution in [2.24, 2.45) is 0 Å². The molecule has 98 valence electrons. The normalized spacial score (nSPS) is 10.7. The van der Waals surface area contributed by atoms with E-state index in [9.17, 15) is 0 Å². The Morgan fingerprint density at radius 3 is 1.80 bits per heavy atom. The van der Waals surface area contributed by atoms with Gasteiger partial charge in [-0.1, -0.05) is 60.7 Å². The molecular formula is C15H13N4P. The maximum atomic E-state index is 5.70. The molecule has 0 saturated carbocycles. The summed E-state index contributed by atoms with van der Waals surface area (Å²) in [5.41, 5.74) is 6.43. The standard InChI is InChI=1S/C15H13N4P/c16-14-17-11-18-15(19-14)20(12-7-3-1-4-8-12)13-9-5-2-6-10-13/h1-11H,(H2,16,17,18,19). The Kier molecular flexibility index (Phi) is 3.66. The molecule has 0 aliphatic heterocycles. The lowest BCUT2D eigenvalue weighted by Crippen LogP contribution is -2.26. The van der Waals surface area contributed by atoms with E-state index in [1.165, 1.54) is 16.9 Å². The Hall–Kier alpha value is -2.32. The van der Waals surface area contributed by atoms with Gasteiger partial charge in [-0.05, 0) is 10.6 Å². The monoisotopic (exact) mass is 280 g/mol. The molecule has 0 bridgehead atoms. The first-order valence-corrected chi connectivity index (χ1v) is 7.53. The van der Waals surface area contributed by atoms with Crippen LogP contribution in [0.25, 0.3) is 0 Å². The number of hydrogen-bond acceptors (Lipinski definition) is 4. The van der Waals surface area contributed by atoms with Gasteiger partial charge in [0.15, 0.2) is 5.57 Å². The Bertz CT molecular complexity index is 649. The molecule has 0 aliphatic rings. The number of hydrogen-bond donors (Lipinski definition) is 1. The number of rotatable bonds is 3. The zero-order valence-electron chi connectivity index (χ0n) is 10.7. The lowest BCUT2D eigenvalue weighted by atomic mass is 10.4. The Balaban J connectivity index is 2.14. The van der Waals surface area contributed by atoms with Crippen molar-refractivity contribution < 1.29 is 0 Å². The minimum absolute atomic E-state index is 0.259. The van der Waals surface area contributed by atoms with Crippen LogP contribution in [0.5, 0.6) is 0 Å². The minimum Gasteiger partial charge on any atom is -0.368 e. The van der Waals surface area contributed by atoms with Gasteiger partial charge in [0.1, 0.15) is 6.33 Å². The lowest BCUT2D eigenvalue weighted by Gasteiger charge is -2.16. The van der Waals surface area contributed by atoms with E-state index in [0.717, 1.165) is 5.57 Å². The summed E-state index contributed by atoms with van der Waals surface area (Å²) >= 11 is 0. The van der Waals surface area contributed by atoms with Crippen molar-refractivity contribution in [3.8, 4) is 0 Å². The van der Waals surface area contributed by atoms with Crippen LogP contribution in [0, 0.1) is 0 Å². The fourth-order valence-corrected chi connectivity index (χ4v) is 4.01. The number of nitrogens with two attached hydrogens (primary N) is 1. The predicted molar refractivity (Wildman–Crippen MR) is 82.9 cm³/mol. The van der Waals surface area contributed by atoms with Gasteiger partial charge in [-0.2, -0.15) is 4.98 Å². The van der Waals surface area contributed by atoms with Crippen molar-refractivity contribution >= 4 is 30.0 Å². The van der Waals surface area contributed by atoms with E-state index in [-0.39, 0.29) is 5.95 Å². The maximum Gasteiger partial charge on any atom is 0.223 e. The largest absolute Gasteiger partial charge is 0.368 e. The summed E-state index contributed by atoms with van der Waals surface area (Å²) in [6.45, 7) is 0. The summed E-state index contributed by atoms with van der Waals surface area (Å²) in [7, 11) is -0.804. The number of benzene rings is 2. The molecular weight excluding hydrogens is 267 g/mol. The molecule has 5 heteroatoms. The van der Waals surface area contributed by atoms with Gasteiger partial charge in [0.2, 0.25) is 5.95 Å². The van der Waals surface area contributed by atoms with E-state index in [2.05, 4.69) is 39.2 Å². The summed E-state index contributed by atoms with van der Waals surface area (Å²) in [6, 6.07) is 20.5. The molecule has 1 aromatic heterocycles. The molecule has 1 heterocycles. The van der Waals surface area contributed by atoms with Crippen molar-refractivity contribution in [1.29, 1.82) is 0 Å². The molecule has 0 unspecified atom stereocenters. The second kappa shape index (κ2) is 5.76. The summed E-state index contributed by atoms with van der Waals surface area (Å²) in [6.07, 6.45) is 1.47. The molecule has 20 heavy (non-hydrogen) atoms. The first-order valence-electron chi connectivity index (χ1n) is 6.19. The number of aromatic nitrogens is 3. The van der Waals surface area contributed by atoms with Gasteiger partial charge in [-0.3, -0.25) is 0 Å². The molecule has 2 aromatic carbocycles. The first kappa shape index (κ1) is 12.7. The highest BCUT2D eigenvalue weighted by Crippen LogP contribution is 2.30. The smallest absolute Gasteiger partial charge is 0.223 e. The molecule has 0 aliphatic carbocycles. The van der Waals surface area contributed by atoms with Crippen LogP contribution in [0.15, 0.2) is 67.0 Å². The summed E-state index contributed by atoms with van der Waals surface area (Å²) in [4.78, 5) is 12.5. The summed E-state index contributed by atoms with van der Waals surface area (Å²) < 4.78 is 0.